The van der Waals surface area contributed by atoms with Crippen molar-refractivity contribution in [2.75, 3.05) is 14.2 Å². The zero-order valence-electron chi connectivity index (χ0n) is 14.4. The summed E-state index contributed by atoms with van der Waals surface area (Å²) in [6.07, 6.45) is 1.39. The molecule has 1 aromatic rings. The van der Waals surface area contributed by atoms with Crippen molar-refractivity contribution in [3.63, 3.8) is 0 Å². The van der Waals surface area contributed by atoms with E-state index in [1.807, 2.05) is 38.1 Å². The van der Waals surface area contributed by atoms with Gasteiger partial charge in [-0.3, -0.25) is 4.79 Å². The van der Waals surface area contributed by atoms with Crippen LogP contribution in [-0.4, -0.2) is 31.6 Å². The number of amides is 1. The van der Waals surface area contributed by atoms with E-state index in [1.54, 1.807) is 14.0 Å². The van der Waals surface area contributed by atoms with E-state index in [2.05, 4.69) is 10.1 Å². The van der Waals surface area contributed by atoms with E-state index in [-0.39, 0.29) is 5.91 Å². The summed E-state index contributed by atoms with van der Waals surface area (Å²) in [5.41, 5.74) is 0.301. The maximum atomic E-state index is 11.3. The average molecular weight is 309 g/mol. The molecule has 1 aromatic carbocycles. The molecule has 0 bridgehead atoms. The number of aryl methyl sites for hydroxylation is 1. The second kappa shape index (κ2) is 9.82. The van der Waals surface area contributed by atoms with E-state index in [0.29, 0.717) is 6.42 Å². The molecule has 0 saturated heterocycles. The highest BCUT2D eigenvalue weighted by Crippen LogP contribution is 2.14. The Balaban J connectivity index is 0.000000425. The lowest BCUT2D eigenvalue weighted by Crippen LogP contribution is -2.52. The van der Waals surface area contributed by atoms with Crippen LogP contribution in [0.25, 0.3) is 0 Å². The minimum Gasteiger partial charge on any atom is -0.496 e. The molecule has 124 valence electrons. The van der Waals surface area contributed by atoms with Gasteiger partial charge in [0.1, 0.15) is 11.3 Å². The van der Waals surface area contributed by atoms with Gasteiger partial charge in [-0.2, -0.15) is 0 Å². The molecule has 5 heteroatoms. The molecule has 0 aliphatic rings. The third-order valence-corrected chi connectivity index (χ3v) is 3.15. The molecule has 0 spiro atoms. The van der Waals surface area contributed by atoms with Crippen molar-refractivity contribution in [3.05, 3.63) is 29.8 Å². The van der Waals surface area contributed by atoms with E-state index in [1.165, 1.54) is 19.6 Å². The van der Waals surface area contributed by atoms with Crippen LogP contribution in [0.4, 0.5) is 0 Å². The van der Waals surface area contributed by atoms with E-state index < -0.39 is 11.5 Å². The van der Waals surface area contributed by atoms with Crippen molar-refractivity contribution in [3.8, 4) is 5.75 Å². The van der Waals surface area contributed by atoms with Gasteiger partial charge in [0.25, 0.3) is 0 Å². The highest BCUT2D eigenvalue weighted by atomic mass is 16.5. The van der Waals surface area contributed by atoms with E-state index >= 15 is 0 Å². The van der Waals surface area contributed by atoms with E-state index in [0.717, 1.165) is 12.2 Å². The maximum Gasteiger partial charge on any atom is 0.331 e. The van der Waals surface area contributed by atoms with Crippen molar-refractivity contribution in [1.29, 1.82) is 0 Å². The van der Waals surface area contributed by atoms with Gasteiger partial charge >= 0.3 is 5.97 Å². The van der Waals surface area contributed by atoms with Gasteiger partial charge in [0, 0.05) is 6.92 Å². The Bertz CT molecular complexity index is 487. The van der Waals surface area contributed by atoms with Crippen LogP contribution in [0.15, 0.2) is 24.3 Å². The number of para-hydroxylation sites is 1. The quantitative estimate of drug-likeness (QED) is 0.849. The van der Waals surface area contributed by atoms with E-state index in [4.69, 9.17) is 4.74 Å². The molecule has 0 radical (unpaired) electrons. The Morgan fingerprint density at radius 3 is 2.18 bits per heavy atom. The van der Waals surface area contributed by atoms with Crippen LogP contribution < -0.4 is 10.1 Å². The van der Waals surface area contributed by atoms with Gasteiger partial charge in [-0.15, -0.1) is 0 Å². The van der Waals surface area contributed by atoms with Gasteiger partial charge in [0.05, 0.1) is 14.2 Å². The summed E-state index contributed by atoms with van der Waals surface area (Å²) < 4.78 is 9.66. The number of carbonyl (C=O) groups excluding carboxylic acids is 2. The van der Waals surface area contributed by atoms with Crippen LogP contribution in [-0.2, 0) is 14.3 Å². The maximum absolute atomic E-state index is 11.3. The average Bonchev–Trinajstić information content (AvgIpc) is 2.47. The highest BCUT2D eigenvalue weighted by Gasteiger charge is 2.33. The lowest BCUT2D eigenvalue weighted by molar-refractivity contribution is -0.150. The van der Waals surface area contributed by atoms with Crippen LogP contribution in [0, 0.1) is 6.92 Å². The third-order valence-electron chi connectivity index (χ3n) is 3.15. The molecule has 0 saturated carbocycles. The van der Waals surface area contributed by atoms with Crippen molar-refractivity contribution >= 4 is 11.9 Å². The fraction of sp³-hybridized carbons (Fsp3) is 0.529. The Morgan fingerprint density at radius 2 is 1.82 bits per heavy atom. The Hall–Kier alpha value is -2.04. The van der Waals surface area contributed by atoms with Crippen molar-refractivity contribution < 1.29 is 19.1 Å². The number of hydrogen-bond acceptors (Lipinski definition) is 4. The van der Waals surface area contributed by atoms with Gasteiger partial charge in [-0.1, -0.05) is 31.5 Å². The number of esters is 1. The largest absolute Gasteiger partial charge is 0.496 e. The molecule has 0 fully saturated rings. The van der Waals surface area contributed by atoms with Crippen LogP contribution in [0.1, 0.15) is 39.2 Å². The summed E-state index contributed by atoms with van der Waals surface area (Å²) in [5.74, 6) is 0.336. The monoisotopic (exact) mass is 309 g/mol. The molecular formula is C17H27NO4. The predicted octanol–water partition coefficient (Wildman–Crippen LogP) is 2.86. The Morgan fingerprint density at radius 1 is 1.23 bits per heavy atom. The standard InChI is InChI=1S/C9H17NO3.C8H10O/c1-5-6-9(3,8(12)13-4)10-7(2)11;1-7-5-3-4-6-8(7)9-2/h5-6H2,1-4H3,(H,10,11);3-6H,1-2H3. The highest BCUT2D eigenvalue weighted by molar-refractivity contribution is 5.86. The van der Waals surface area contributed by atoms with Crippen LogP contribution in [0.2, 0.25) is 0 Å². The zero-order valence-corrected chi connectivity index (χ0v) is 14.4. The summed E-state index contributed by atoms with van der Waals surface area (Å²) in [6.45, 7) is 7.03. The molecule has 0 aliphatic carbocycles. The first-order valence-corrected chi connectivity index (χ1v) is 7.27. The van der Waals surface area contributed by atoms with Crippen molar-refractivity contribution in [1.82, 2.24) is 5.32 Å². The first-order chi connectivity index (χ1) is 10.3. The summed E-state index contributed by atoms with van der Waals surface area (Å²) in [5, 5.41) is 2.59. The summed E-state index contributed by atoms with van der Waals surface area (Å²) in [7, 11) is 3.00. The number of rotatable bonds is 5. The molecule has 22 heavy (non-hydrogen) atoms. The SMILES string of the molecule is CCCC(C)(NC(C)=O)C(=O)OC.COc1ccccc1C. The molecule has 1 N–H and O–H groups in total. The summed E-state index contributed by atoms with van der Waals surface area (Å²) in [4.78, 5) is 22.2. The number of methoxy groups -OCH3 is 2. The molecule has 1 amide bonds. The zero-order chi connectivity index (χ0) is 17.2. The molecular weight excluding hydrogens is 282 g/mol. The lowest BCUT2D eigenvalue weighted by atomic mass is 9.96. The van der Waals surface area contributed by atoms with Crippen LogP contribution in [0.3, 0.4) is 0 Å². The first kappa shape index (κ1) is 20.0. The third kappa shape index (κ3) is 6.61. The smallest absolute Gasteiger partial charge is 0.331 e. The molecule has 1 atom stereocenters. The molecule has 5 nitrogen and oxygen atoms in total. The second-order valence-electron chi connectivity index (χ2n) is 5.22. The van der Waals surface area contributed by atoms with Crippen molar-refractivity contribution in [2.24, 2.45) is 0 Å². The predicted molar refractivity (Wildman–Crippen MR) is 86.9 cm³/mol. The molecule has 1 rings (SSSR count). The minimum absolute atomic E-state index is 0.221. The number of benzene rings is 1. The number of nitrogens with one attached hydrogen (secondary N) is 1. The Kier molecular flexibility index (Phi) is 8.91. The first-order valence-electron chi connectivity index (χ1n) is 7.27. The van der Waals surface area contributed by atoms with Crippen LogP contribution in [0.5, 0.6) is 5.75 Å². The molecule has 0 aliphatic heterocycles. The summed E-state index contributed by atoms with van der Waals surface area (Å²) in [6, 6.07) is 7.94. The lowest BCUT2D eigenvalue weighted by Gasteiger charge is -2.26. The molecule has 0 aromatic heterocycles. The summed E-state index contributed by atoms with van der Waals surface area (Å²) >= 11 is 0. The molecule has 0 heterocycles. The number of hydrogen-bond donors (Lipinski definition) is 1. The van der Waals surface area contributed by atoms with E-state index in [9.17, 15) is 9.59 Å². The minimum atomic E-state index is -0.880. The number of carbonyl (C=O) groups is 2. The van der Waals surface area contributed by atoms with Gasteiger partial charge in [0.15, 0.2) is 0 Å². The Labute approximate surface area is 133 Å². The number of ether oxygens (including phenoxy) is 2. The van der Waals surface area contributed by atoms with Gasteiger partial charge in [-0.05, 0) is 31.9 Å². The topological polar surface area (TPSA) is 64.6 Å². The second-order valence-corrected chi connectivity index (χ2v) is 5.22. The van der Waals surface area contributed by atoms with Crippen LogP contribution >= 0.6 is 0 Å². The fourth-order valence-corrected chi connectivity index (χ4v) is 2.11. The molecule has 1 unspecified atom stereocenters. The van der Waals surface area contributed by atoms with Crippen molar-refractivity contribution in [2.45, 2.75) is 46.1 Å². The van der Waals surface area contributed by atoms with Gasteiger partial charge < -0.3 is 14.8 Å². The normalized spacial score (nSPS) is 12.3. The van der Waals surface area contributed by atoms with Gasteiger partial charge in [0.2, 0.25) is 5.91 Å². The fourth-order valence-electron chi connectivity index (χ4n) is 2.11. The van der Waals surface area contributed by atoms with Gasteiger partial charge in [-0.25, -0.2) is 4.79 Å².